The molecule has 0 aliphatic carbocycles. The third kappa shape index (κ3) is 3.94. The molecule has 0 spiro atoms. The van der Waals surface area contributed by atoms with E-state index >= 15 is 0 Å². The molecule has 0 saturated carbocycles. The Labute approximate surface area is 102 Å². The van der Waals surface area contributed by atoms with Gasteiger partial charge < -0.3 is 9.84 Å². The zero-order valence-corrected chi connectivity index (χ0v) is 10.3. The second kappa shape index (κ2) is 6.74. The summed E-state index contributed by atoms with van der Waals surface area (Å²) in [5.41, 5.74) is 1.08. The number of methoxy groups -OCH3 is 1. The minimum atomic E-state index is -0.883. The summed E-state index contributed by atoms with van der Waals surface area (Å²) in [6.07, 6.45) is 4.65. The number of ether oxygens (including phenoxy) is 1. The number of carboxylic acids is 1. The third-order valence-corrected chi connectivity index (χ3v) is 2.54. The summed E-state index contributed by atoms with van der Waals surface area (Å²) in [7, 11) is 1.59. The van der Waals surface area contributed by atoms with Gasteiger partial charge in [0.15, 0.2) is 0 Å². The van der Waals surface area contributed by atoms with E-state index < -0.39 is 5.97 Å². The van der Waals surface area contributed by atoms with Gasteiger partial charge in [-0.2, -0.15) is 0 Å². The van der Waals surface area contributed by atoms with Gasteiger partial charge in [-0.25, -0.2) is 4.79 Å². The highest BCUT2D eigenvalue weighted by Gasteiger charge is 2.09. The summed E-state index contributed by atoms with van der Waals surface area (Å²) in [6.45, 7) is 2.08. The monoisotopic (exact) mass is 234 g/mol. The fraction of sp³-hybridized carbons (Fsp3) is 0.357. The van der Waals surface area contributed by atoms with Crippen LogP contribution in [-0.2, 0) is 4.79 Å². The maximum atomic E-state index is 11.1. The van der Waals surface area contributed by atoms with E-state index in [9.17, 15) is 4.79 Å². The molecule has 1 aromatic carbocycles. The number of carbonyl (C=O) groups is 1. The molecule has 3 heteroatoms. The number of hydrogen-bond acceptors (Lipinski definition) is 2. The van der Waals surface area contributed by atoms with Gasteiger partial charge in [0.25, 0.3) is 0 Å². The normalized spacial score (nSPS) is 11.3. The Bertz CT molecular complexity index is 390. The predicted octanol–water partition coefficient (Wildman–Crippen LogP) is 3.35. The maximum absolute atomic E-state index is 11.1. The van der Waals surface area contributed by atoms with Crippen molar-refractivity contribution >= 4 is 11.5 Å². The molecule has 0 heterocycles. The quantitative estimate of drug-likeness (QED) is 0.606. The van der Waals surface area contributed by atoms with Crippen LogP contribution in [-0.4, -0.2) is 18.2 Å². The first-order valence-corrected chi connectivity index (χ1v) is 5.77. The van der Waals surface area contributed by atoms with E-state index in [-0.39, 0.29) is 0 Å². The van der Waals surface area contributed by atoms with E-state index in [2.05, 4.69) is 6.92 Å². The minimum absolute atomic E-state index is 0.362. The Balaban J connectivity index is 2.89. The number of allylic oxidation sites excluding steroid dienone is 1. The van der Waals surface area contributed by atoms with Gasteiger partial charge in [-0.3, -0.25) is 0 Å². The van der Waals surface area contributed by atoms with Crippen LogP contribution in [0.4, 0.5) is 0 Å². The summed E-state index contributed by atoms with van der Waals surface area (Å²) in [4.78, 5) is 11.1. The smallest absolute Gasteiger partial charge is 0.335 e. The second-order valence-corrected chi connectivity index (χ2v) is 3.79. The molecular formula is C14H18O3. The lowest BCUT2D eigenvalue weighted by molar-refractivity contribution is -0.130. The number of aliphatic carboxylic acids is 1. The highest BCUT2D eigenvalue weighted by atomic mass is 16.5. The Morgan fingerprint density at radius 3 is 2.47 bits per heavy atom. The van der Waals surface area contributed by atoms with Crippen molar-refractivity contribution in [2.24, 2.45) is 0 Å². The SMILES string of the molecule is CCCC/C=C(/C(=O)O)c1ccc(OC)cc1. The van der Waals surface area contributed by atoms with E-state index in [4.69, 9.17) is 9.84 Å². The number of carboxylic acid groups (broad SMARTS) is 1. The Morgan fingerprint density at radius 2 is 2.00 bits per heavy atom. The van der Waals surface area contributed by atoms with Crippen molar-refractivity contribution in [1.82, 2.24) is 0 Å². The average molecular weight is 234 g/mol. The van der Waals surface area contributed by atoms with Crippen LogP contribution in [0.5, 0.6) is 5.75 Å². The first-order valence-electron chi connectivity index (χ1n) is 5.77. The van der Waals surface area contributed by atoms with Gasteiger partial charge in [-0.15, -0.1) is 0 Å². The fourth-order valence-corrected chi connectivity index (χ4v) is 1.55. The molecule has 0 aromatic heterocycles. The minimum Gasteiger partial charge on any atom is -0.497 e. The first kappa shape index (κ1) is 13.3. The molecule has 1 aromatic rings. The number of rotatable bonds is 6. The lowest BCUT2D eigenvalue weighted by Crippen LogP contribution is -1.99. The second-order valence-electron chi connectivity index (χ2n) is 3.79. The van der Waals surface area contributed by atoms with Gasteiger partial charge in [0, 0.05) is 0 Å². The molecule has 3 nitrogen and oxygen atoms in total. The van der Waals surface area contributed by atoms with Crippen LogP contribution < -0.4 is 4.74 Å². The molecule has 0 fully saturated rings. The van der Waals surface area contributed by atoms with E-state index in [1.54, 1.807) is 37.5 Å². The Hall–Kier alpha value is -1.77. The molecular weight excluding hydrogens is 216 g/mol. The first-order chi connectivity index (χ1) is 8.19. The fourth-order valence-electron chi connectivity index (χ4n) is 1.55. The van der Waals surface area contributed by atoms with Crippen LogP contribution in [0.15, 0.2) is 30.3 Å². The van der Waals surface area contributed by atoms with Gasteiger partial charge in [-0.1, -0.05) is 38.0 Å². The van der Waals surface area contributed by atoms with Gasteiger partial charge >= 0.3 is 5.97 Å². The van der Waals surface area contributed by atoms with E-state index in [1.807, 2.05) is 0 Å². The molecule has 0 amide bonds. The highest BCUT2D eigenvalue weighted by Crippen LogP contribution is 2.19. The van der Waals surface area contributed by atoms with Crippen molar-refractivity contribution in [3.8, 4) is 5.75 Å². The summed E-state index contributed by atoms with van der Waals surface area (Å²) in [5.74, 6) is -0.154. The largest absolute Gasteiger partial charge is 0.497 e. The van der Waals surface area contributed by atoms with E-state index in [1.165, 1.54) is 0 Å². The third-order valence-electron chi connectivity index (χ3n) is 2.54. The molecule has 0 radical (unpaired) electrons. The zero-order chi connectivity index (χ0) is 12.7. The van der Waals surface area contributed by atoms with Crippen LogP contribution in [0.25, 0.3) is 5.57 Å². The number of unbranched alkanes of at least 4 members (excludes halogenated alkanes) is 2. The van der Waals surface area contributed by atoms with E-state index in [0.717, 1.165) is 30.6 Å². The van der Waals surface area contributed by atoms with Crippen LogP contribution in [0, 0.1) is 0 Å². The van der Waals surface area contributed by atoms with Gasteiger partial charge in [0.2, 0.25) is 0 Å². The molecule has 0 unspecified atom stereocenters. The van der Waals surface area contributed by atoms with Crippen molar-refractivity contribution in [3.05, 3.63) is 35.9 Å². The molecule has 0 atom stereocenters. The molecule has 1 rings (SSSR count). The van der Waals surface area contributed by atoms with Crippen molar-refractivity contribution in [2.75, 3.05) is 7.11 Å². The highest BCUT2D eigenvalue weighted by molar-refractivity contribution is 6.15. The van der Waals surface area contributed by atoms with Gasteiger partial charge in [0.1, 0.15) is 5.75 Å². The summed E-state index contributed by atoms with van der Waals surface area (Å²) < 4.78 is 5.04. The van der Waals surface area contributed by atoms with Gasteiger partial charge in [0.05, 0.1) is 12.7 Å². The number of hydrogen-bond donors (Lipinski definition) is 1. The Kier molecular flexibility index (Phi) is 5.27. The molecule has 1 N–H and O–H groups in total. The number of benzene rings is 1. The van der Waals surface area contributed by atoms with Crippen molar-refractivity contribution in [1.29, 1.82) is 0 Å². The topological polar surface area (TPSA) is 46.5 Å². The van der Waals surface area contributed by atoms with Crippen LogP contribution in [0.1, 0.15) is 31.7 Å². The summed E-state index contributed by atoms with van der Waals surface area (Å²) in [5, 5.41) is 9.15. The molecule has 0 saturated heterocycles. The molecule has 92 valence electrons. The van der Waals surface area contributed by atoms with E-state index in [0.29, 0.717) is 5.57 Å². The summed E-state index contributed by atoms with van der Waals surface area (Å²) >= 11 is 0. The van der Waals surface area contributed by atoms with Crippen LogP contribution >= 0.6 is 0 Å². The van der Waals surface area contributed by atoms with Crippen molar-refractivity contribution in [3.63, 3.8) is 0 Å². The van der Waals surface area contributed by atoms with Crippen LogP contribution in [0.3, 0.4) is 0 Å². The maximum Gasteiger partial charge on any atom is 0.335 e. The van der Waals surface area contributed by atoms with Gasteiger partial charge in [-0.05, 0) is 24.1 Å². The Morgan fingerprint density at radius 1 is 1.35 bits per heavy atom. The average Bonchev–Trinajstić information content (AvgIpc) is 2.34. The molecule has 0 bridgehead atoms. The lowest BCUT2D eigenvalue weighted by Gasteiger charge is -2.04. The molecule has 17 heavy (non-hydrogen) atoms. The molecule has 0 aliphatic heterocycles. The van der Waals surface area contributed by atoms with Crippen LogP contribution in [0.2, 0.25) is 0 Å². The summed E-state index contributed by atoms with van der Waals surface area (Å²) in [6, 6.07) is 7.08. The molecule has 0 aliphatic rings. The standard InChI is InChI=1S/C14H18O3/c1-3-4-5-6-13(14(15)16)11-7-9-12(17-2)10-8-11/h6-10H,3-5H2,1-2H3,(H,15,16)/b13-6+. The predicted molar refractivity (Wildman–Crippen MR) is 68.1 cm³/mol. The van der Waals surface area contributed by atoms with Crippen molar-refractivity contribution in [2.45, 2.75) is 26.2 Å². The lowest BCUT2D eigenvalue weighted by atomic mass is 10.0. The van der Waals surface area contributed by atoms with Crippen molar-refractivity contribution < 1.29 is 14.6 Å². The zero-order valence-electron chi connectivity index (χ0n) is 10.3.